The molecule has 1 aliphatic carbocycles. The fourth-order valence-corrected chi connectivity index (χ4v) is 3.13. The van der Waals surface area contributed by atoms with Gasteiger partial charge < -0.3 is 9.64 Å². The van der Waals surface area contributed by atoms with Gasteiger partial charge in [0.1, 0.15) is 11.9 Å². The highest BCUT2D eigenvalue weighted by Gasteiger charge is 2.28. The van der Waals surface area contributed by atoms with E-state index in [1.807, 2.05) is 18.2 Å². The number of hydrogen-bond acceptors (Lipinski definition) is 5. The number of hydrogen-bond donors (Lipinski definition) is 1. The second-order valence-electron chi connectivity index (χ2n) is 6.41. The number of H-pyrrole nitrogens is 1. The largest absolute Gasteiger partial charge is 0.457 e. The molecule has 0 bridgehead atoms. The Morgan fingerprint density at radius 1 is 1.25 bits per heavy atom. The highest BCUT2D eigenvalue weighted by atomic mass is 35.5. The third-order valence-corrected chi connectivity index (χ3v) is 4.80. The van der Waals surface area contributed by atoms with Crippen molar-refractivity contribution in [3.63, 3.8) is 0 Å². The van der Waals surface area contributed by atoms with Crippen LogP contribution in [0.15, 0.2) is 24.4 Å². The van der Waals surface area contributed by atoms with Crippen LogP contribution in [0.4, 0.5) is 5.82 Å². The number of aromatic nitrogens is 3. The van der Waals surface area contributed by atoms with Gasteiger partial charge in [-0.05, 0) is 31.0 Å². The number of halogens is 1. The molecule has 1 N–H and O–H groups in total. The van der Waals surface area contributed by atoms with Crippen LogP contribution in [-0.2, 0) is 4.74 Å². The van der Waals surface area contributed by atoms with Crippen molar-refractivity contribution in [1.29, 1.82) is 0 Å². The Kier molecular flexibility index (Phi) is 4.14. The molecule has 7 heteroatoms. The van der Waals surface area contributed by atoms with E-state index in [0.717, 1.165) is 37.4 Å². The van der Waals surface area contributed by atoms with Gasteiger partial charge in [-0.15, -0.1) is 0 Å². The van der Waals surface area contributed by atoms with Crippen LogP contribution in [-0.4, -0.2) is 40.3 Å². The highest BCUT2D eigenvalue weighted by molar-refractivity contribution is 6.30. The summed E-state index contributed by atoms with van der Waals surface area (Å²) in [7, 11) is 0. The number of nitrogens with zero attached hydrogens (tertiary/aromatic N) is 3. The number of nitrogens with one attached hydrogen (secondary N) is 1. The van der Waals surface area contributed by atoms with Crippen LogP contribution in [0.1, 0.15) is 47.8 Å². The fourth-order valence-electron chi connectivity index (χ4n) is 3.01. The van der Waals surface area contributed by atoms with Gasteiger partial charge in [-0.3, -0.25) is 5.10 Å². The van der Waals surface area contributed by atoms with Crippen molar-refractivity contribution >= 4 is 23.4 Å². The van der Waals surface area contributed by atoms with E-state index in [1.54, 1.807) is 6.20 Å². The maximum atomic E-state index is 12.2. The normalized spacial score (nSPS) is 18.6. The van der Waals surface area contributed by atoms with Gasteiger partial charge in [-0.25, -0.2) is 9.78 Å². The van der Waals surface area contributed by atoms with E-state index in [2.05, 4.69) is 20.1 Å². The van der Waals surface area contributed by atoms with E-state index < -0.39 is 0 Å². The number of esters is 1. The first-order valence-corrected chi connectivity index (χ1v) is 8.69. The molecule has 4 rings (SSSR count). The predicted molar refractivity (Wildman–Crippen MR) is 90.5 cm³/mol. The maximum absolute atomic E-state index is 12.2. The average molecular weight is 347 g/mol. The smallest absolute Gasteiger partial charge is 0.359 e. The van der Waals surface area contributed by atoms with Gasteiger partial charge in [-0.1, -0.05) is 11.6 Å². The SMILES string of the molecule is O=C(OC1CCN(c2ccc(Cl)cn2)CC1)c1cc(C2CC2)[nH]n1. The number of ether oxygens (including phenoxy) is 1. The quantitative estimate of drug-likeness (QED) is 0.861. The van der Waals surface area contributed by atoms with E-state index in [-0.39, 0.29) is 12.1 Å². The number of rotatable bonds is 4. The van der Waals surface area contributed by atoms with Crippen LogP contribution in [0.25, 0.3) is 0 Å². The molecule has 6 nitrogen and oxygen atoms in total. The lowest BCUT2D eigenvalue weighted by Gasteiger charge is -2.32. The van der Waals surface area contributed by atoms with E-state index in [9.17, 15) is 4.79 Å². The molecule has 0 unspecified atom stereocenters. The Morgan fingerprint density at radius 2 is 2.04 bits per heavy atom. The monoisotopic (exact) mass is 346 g/mol. The molecule has 2 aromatic rings. The first kappa shape index (κ1) is 15.4. The standard InChI is InChI=1S/C17H19ClN4O2/c18-12-3-4-16(19-10-12)22-7-5-13(6-8-22)24-17(23)15-9-14(20-21-15)11-1-2-11/h3-4,9-11,13H,1-2,5-8H2,(H,20,21). The maximum Gasteiger partial charge on any atom is 0.359 e. The molecule has 0 radical (unpaired) electrons. The summed E-state index contributed by atoms with van der Waals surface area (Å²) in [5.74, 6) is 1.13. The van der Waals surface area contributed by atoms with Crippen molar-refractivity contribution < 1.29 is 9.53 Å². The summed E-state index contributed by atoms with van der Waals surface area (Å²) < 4.78 is 5.60. The van der Waals surface area contributed by atoms with Crippen molar-refractivity contribution in [1.82, 2.24) is 15.2 Å². The van der Waals surface area contributed by atoms with E-state index in [4.69, 9.17) is 16.3 Å². The van der Waals surface area contributed by atoms with Gasteiger partial charge in [0.15, 0.2) is 5.69 Å². The summed E-state index contributed by atoms with van der Waals surface area (Å²) in [5.41, 5.74) is 1.43. The highest BCUT2D eigenvalue weighted by Crippen LogP contribution is 2.39. The molecule has 2 aliphatic rings. The molecule has 2 aromatic heterocycles. The minimum atomic E-state index is -0.332. The Bertz CT molecular complexity index is 718. The van der Waals surface area contributed by atoms with Crippen LogP contribution in [0.5, 0.6) is 0 Å². The molecular weight excluding hydrogens is 328 g/mol. The number of carbonyl (C=O) groups excluding carboxylic acids is 1. The number of pyridine rings is 1. The van der Waals surface area contributed by atoms with Gasteiger partial charge in [0.2, 0.25) is 0 Å². The van der Waals surface area contributed by atoms with E-state index in [1.165, 1.54) is 12.8 Å². The molecule has 24 heavy (non-hydrogen) atoms. The molecule has 2 fully saturated rings. The molecule has 1 saturated heterocycles. The number of piperidine rings is 1. The zero-order valence-corrected chi connectivity index (χ0v) is 14.0. The van der Waals surface area contributed by atoms with Crippen LogP contribution < -0.4 is 4.90 Å². The number of anilines is 1. The predicted octanol–water partition coefficient (Wildman–Crippen LogP) is 3.16. The zero-order valence-electron chi connectivity index (χ0n) is 13.2. The van der Waals surface area contributed by atoms with Crippen LogP contribution >= 0.6 is 11.6 Å². The zero-order chi connectivity index (χ0) is 16.5. The van der Waals surface area contributed by atoms with Crippen LogP contribution in [0, 0.1) is 0 Å². The second-order valence-corrected chi connectivity index (χ2v) is 6.85. The van der Waals surface area contributed by atoms with Crippen LogP contribution in [0.2, 0.25) is 5.02 Å². The molecule has 0 spiro atoms. The molecular formula is C17H19ClN4O2. The lowest BCUT2D eigenvalue weighted by molar-refractivity contribution is 0.0238. The Balaban J connectivity index is 1.30. The molecule has 0 atom stereocenters. The summed E-state index contributed by atoms with van der Waals surface area (Å²) in [6, 6.07) is 5.58. The minimum Gasteiger partial charge on any atom is -0.457 e. The molecule has 0 amide bonds. The first-order chi connectivity index (χ1) is 11.7. The van der Waals surface area contributed by atoms with E-state index in [0.29, 0.717) is 16.6 Å². The molecule has 1 aliphatic heterocycles. The van der Waals surface area contributed by atoms with Crippen molar-refractivity contribution in [3.05, 3.63) is 40.8 Å². The first-order valence-electron chi connectivity index (χ1n) is 8.32. The molecule has 3 heterocycles. The third-order valence-electron chi connectivity index (χ3n) is 4.58. The van der Waals surface area contributed by atoms with Gasteiger partial charge >= 0.3 is 5.97 Å². The Morgan fingerprint density at radius 3 is 2.71 bits per heavy atom. The minimum absolute atomic E-state index is 0.0675. The summed E-state index contributed by atoms with van der Waals surface area (Å²) in [4.78, 5) is 18.7. The van der Waals surface area contributed by atoms with Gasteiger partial charge in [0.25, 0.3) is 0 Å². The van der Waals surface area contributed by atoms with Crippen molar-refractivity contribution in [2.24, 2.45) is 0 Å². The molecule has 126 valence electrons. The molecule has 1 saturated carbocycles. The van der Waals surface area contributed by atoms with Crippen molar-refractivity contribution in [2.45, 2.75) is 37.7 Å². The van der Waals surface area contributed by atoms with Crippen molar-refractivity contribution in [3.8, 4) is 0 Å². The second kappa shape index (κ2) is 6.43. The topological polar surface area (TPSA) is 71.1 Å². The van der Waals surface area contributed by atoms with Gasteiger partial charge in [-0.2, -0.15) is 5.10 Å². The average Bonchev–Trinajstić information content (AvgIpc) is 3.33. The molecule has 0 aromatic carbocycles. The Hall–Kier alpha value is -2.08. The van der Waals surface area contributed by atoms with E-state index >= 15 is 0 Å². The van der Waals surface area contributed by atoms with Gasteiger partial charge in [0, 0.05) is 43.7 Å². The number of aromatic amines is 1. The fraction of sp³-hybridized carbons (Fsp3) is 0.471. The lowest BCUT2D eigenvalue weighted by Crippen LogP contribution is -2.38. The summed E-state index contributed by atoms with van der Waals surface area (Å²) in [5, 5.41) is 7.65. The Labute approximate surface area is 145 Å². The van der Waals surface area contributed by atoms with Crippen LogP contribution in [0.3, 0.4) is 0 Å². The summed E-state index contributed by atoms with van der Waals surface area (Å²) in [6.07, 6.45) is 5.51. The summed E-state index contributed by atoms with van der Waals surface area (Å²) >= 11 is 5.87. The third kappa shape index (κ3) is 3.38. The van der Waals surface area contributed by atoms with Crippen molar-refractivity contribution in [2.75, 3.05) is 18.0 Å². The van der Waals surface area contributed by atoms with Gasteiger partial charge in [0.05, 0.1) is 5.02 Å². The lowest BCUT2D eigenvalue weighted by atomic mass is 10.1. The number of carbonyl (C=O) groups is 1. The summed E-state index contributed by atoms with van der Waals surface area (Å²) in [6.45, 7) is 1.61.